The van der Waals surface area contributed by atoms with E-state index in [4.69, 9.17) is 0 Å². The number of carbonyl (C=O) groups excluding carboxylic acids is 1. The smallest absolute Gasteiger partial charge is 0.320 e. The summed E-state index contributed by atoms with van der Waals surface area (Å²) in [5, 5.41) is 16.5. The monoisotopic (exact) mass is 399 g/mol. The number of aromatic nitrogens is 2. The Bertz CT molecular complexity index is 829. The minimum absolute atomic E-state index is 0.0530. The molecule has 1 amide bonds. The summed E-state index contributed by atoms with van der Waals surface area (Å²) in [6.45, 7) is 3.27. The first-order chi connectivity index (χ1) is 14.0. The fraction of sp³-hybridized carbons (Fsp3) is 0.810. The molecule has 29 heavy (non-hydrogen) atoms. The van der Waals surface area contributed by atoms with Gasteiger partial charge in [-0.05, 0) is 75.7 Å². The third-order valence-corrected chi connectivity index (χ3v) is 8.46. The summed E-state index contributed by atoms with van der Waals surface area (Å²) in [6.07, 6.45) is 11.0. The van der Waals surface area contributed by atoms with Crippen molar-refractivity contribution in [1.82, 2.24) is 19.6 Å². The first-order valence-corrected chi connectivity index (χ1v) is 11.3. The third-order valence-electron chi connectivity index (χ3n) is 8.46. The van der Waals surface area contributed by atoms with E-state index >= 15 is 0 Å². The molecule has 1 aromatic heterocycles. The number of hydrogen-bond donors (Lipinski definition) is 0. The van der Waals surface area contributed by atoms with Crippen LogP contribution < -0.4 is 0 Å². The lowest BCUT2D eigenvalue weighted by molar-refractivity contribution is -0.385. The van der Waals surface area contributed by atoms with Gasteiger partial charge in [0.15, 0.2) is 0 Å². The van der Waals surface area contributed by atoms with Gasteiger partial charge in [-0.2, -0.15) is 5.10 Å². The lowest BCUT2D eigenvalue weighted by Gasteiger charge is -2.56. The summed E-state index contributed by atoms with van der Waals surface area (Å²) >= 11 is 0. The zero-order valence-electron chi connectivity index (χ0n) is 16.8. The molecule has 156 valence electrons. The van der Waals surface area contributed by atoms with E-state index in [0.29, 0.717) is 19.1 Å². The van der Waals surface area contributed by atoms with Crippen LogP contribution >= 0.6 is 0 Å². The van der Waals surface area contributed by atoms with Crippen molar-refractivity contribution in [2.45, 2.75) is 62.9 Å². The molecule has 7 rings (SSSR count). The second kappa shape index (κ2) is 6.27. The molecule has 0 radical (unpaired) electrons. The van der Waals surface area contributed by atoms with Gasteiger partial charge in [0.1, 0.15) is 6.20 Å². The van der Waals surface area contributed by atoms with Crippen molar-refractivity contribution < 1.29 is 9.72 Å². The quantitative estimate of drug-likeness (QED) is 0.576. The Kier molecular flexibility index (Phi) is 3.86. The Morgan fingerprint density at radius 2 is 1.79 bits per heavy atom. The summed E-state index contributed by atoms with van der Waals surface area (Å²) in [5.41, 5.74) is -0.167. The molecule has 0 spiro atoms. The maximum Gasteiger partial charge on any atom is 0.320 e. The van der Waals surface area contributed by atoms with Gasteiger partial charge in [-0.25, -0.2) is 0 Å². The highest BCUT2D eigenvalue weighted by Crippen LogP contribution is 2.58. The molecule has 1 unspecified atom stereocenters. The van der Waals surface area contributed by atoms with E-state index < -0.39 is 4.92 Å². The summed E-state index contributed by atoms with van der Waals surface area (Å²) in [6, 6.07) is 0.400. The average molecular weight is 399 g/mol. The van der Waals surface area contributed by atoms with Crippen molar-refractivity contribution in [1.29, 1.82) is 0 Å². The number of carbonyl (C=O) groups is 1. The highest BCUT2D eigenvalue weighted by molar-refractivity contribution is 5.96. The SMILES string of the molecule is O=C(c1nn(C23CC4CC(CC(C4)C2)C3)cc1[N+](=O)[O-])N1CCN2CCCC2C1. The first-order valence-electron chi connectivity index (χ1n) is 11.3. The molecular formula is C21H29N5O3. The van der Waals surface area contributed by atoms with Crippen LogP contribution in [0, 0.1) is 27.9 Å². The molecule has 4 saturated carbocycles. The molecule has 3 heterocycles. The van der Waals surface area contributed by atoms with Crippen LogP contribution in [0.15, 0.2) is 6.20 Å². The number of nitro groups is 1. The van der Waals surface area contributed by atoms with Crippen LogP contribution in [0.25, 0.3) is 0 Å². The van der Waals surface area contributed by atoms with Crippen LogP contribution in [-0.4, -0.2) is 62.6 Å². The summed E-state index contributed by atoms with van der Waals surface area (Å²) in [7, 11) is 0. The van der Waals surface area contributed by atoms with E-state index in [1.807, 2.05) is 4.68 Å². The molecule has 4 aliphatic carbocycles. The van der Waals surface area contributed by atoms with Crippen LogP contribution in [-0.2, 0) is 5.54 Å². The molecule has 2 saturated heterocycles. The minimum Gasteiger partial charge on any atom is -0.334 e. The van der Waals surface area contributed by atoms with Gasteiger partial charge >= 0.3 is 5.69 Å². The molecule has 0 N–H and O–H groups in total. The van der Waals surface area contributed by atoms with E-state index in [1.54, 1.807) is 11.1 Å². The van der Waals surface area contributed by atoms with Crippen LogP contribution in [0.2, 0.25) is 0 Å². The van der Waals surface area contributed by atoms with E-state index in [-0.39, 0.29) is 22.8 Å². The summed E-state index contributed by atoms with van der Waals surface area (Å²) in [4.78, 5) is 28.9. The molecular weight excluding hydrogens is 370 g/mol. The van der Waals surface area contributed by atoms with Crippen LogP contribution in [0.4, 0.5) is 5.69 Å². The number of hydrogen-bond acceptors (Lipinski definition) is 5. The third kappa shape index (κ3) is 2.75. The summed E-state index contributed by atoms with van der Waals surface area (Å²) in [5.74, 6) is 1.91. The number of piperazine rings is 1. The molecule has 1 aromatic rings. The molecule has 0 aromatic carbocycles. The fourth-order valence-electron chi connectivity index (χ4n) is 7.56. The topological polar surface area (TPSA) is 84.5 Å². The second-order valence-electron chi connectivity index (χ2n) is 10.3. The Morgan fingerprint density at radius 3 is 2.45 bits per heavy atom. The fourth-order valence-corrected chi connectivity index (χ4v) is 7.56. The lowest BCUT2D eigenvalue weighted by atomic mass is 9.53. The molecule has 2 aliphatic heterocycles. The minimum atomic E-state index is -0.414. The van der Waals surface area contributed by atoms with Crippen LogP contribution in [0.1, 0.15) is 61.9 Å². The molecule has 6 fully saturated rings. The van der Waals surface area contributed by atoms with Gasteiger partial charge in [0.2, 0.25) is 5.69 Å². The van der Waals surface area contributed by atoms with Gasteiger partial charge in [0.05, 0.1) is 10.5 Å². The van der Waals surface area contributed by atoms with Crippen molar-refractivity contribution in [3.63, 3.8) is 0 Å². The van der Waals surface area contributed by atoms with Gasteiger partial charge in [-0.15, -0.1) is 0 Å². The second-order valence-corrected chi connectivity index (χ2v) is 10.3. The highest BCUT2D eigenvalue weighted by atomic mass is 16.6. The van der Waals surface area contributed by atoms with E-state index in [9.17, 15) is 14.9 Å². The number of fused-ring (bicyclic) bond motifs is 1. The van der Waals surface area contributed by atoms with E-state index in [0.717, 1.165) is 56.5 Å². The highest BCUT2D eigenvalue weighted by Gasteiger charge is 2.53. The Hall–Kier alpha value is -1.96. The van der Waals surface area contributed by atoms with Gasteiger partial charge in [0, 0.05) is 25.7 Å². The van der Waals surface area contributed by atoms with Crippen molar-refractivity contribution in [2.75, 3.05) is 26.2 Å². The van der Waals surface area contributed by atoms with Crippen LogP contribution in [0.5, 0.6) is 0 Å². The van der Waals surface area contributed by atoms with Gasteiger partial charge in [-0.3, -0.25) is 24.5 Å². The van der Waals surface area contributed by atoms with Gasteiger partial charge in [-0.1, -0.05) is 0 Å². The summed E-state index contributed by atoms with van der Waals surface area (Å²) < 4.78 is 1.86. The zero-order valence-corrected chi connectivity index (χ0v) is 16.8. The van der Waals surface area contributed by atoms with Crippen molar-refractivity contribution in [2.24, 2.45) is 17.8 Å². The molecule has 8 heteroatoms. The van der Waals surface area contributed by atoms with Crippen LogP contribution in [0.3, 0.4) is 0 Å². The lowest BCUT2D eigenvalue weighted by Crippen LogP contribution is -2.53. The predicted octanol–water partition coefficient (Wildman–Crippen LogP) is 2.64. The normalized spacial score (nSPS) is 38.4. The van der Waals surface area contributed by atoms with Crippen molar-refractivity contribution in [3.8, 4) is 0 Å². The van der Waals surface area contributed by atoms with Crippen molar-refractivity contribution >= 4 is 11.6 Å². The van der Waals surface area contributed by atoms with Crippen molar-refractivity contribution in [3.05, 3.63) is 22.0 Å². The van der Waals surface area contributed by atoms with E-state index in [1.165, 1.54) is 25.7 Å². The molecule has 4 bridgehead atoms. The Morgan fingerprint density at radius 1 is 1.10 bits per heavy atom. The maximum absolute atomic E-state index is 13.3. The largest absolute Gasteiger partial charge is 0.334 e. The average Bonchev–Trinajstić information content (AvgIpc) is 3.33. The number of amides is 1. The molecule has 8 nitrogen and oxygen atoms in total. The molecule has 6 aliphatic rings. The molecule has 1 atom stereocenters. The predicted molar refractivity (Wildman–Crippen MR) is 106 cm³/mol. The first kappa shape index (κ1) is 17.9. The van der Waals surface area contributed by atoms with Gasteiger partial charge < -0.3 is 4.90 Å². The Balaban J connectivity index is 1.32. The standard InChI is InChI=1S/C21H29N5O3/c27-20(24-5-4-23-3-1-2-17(23)12-24)19-18(26(28)29)13-25(22-19)21-9-14-6-15(10-21)8-16(7-14)11-21/h13-17H,1-12H2. The van der Waals surface area contributed by atoms with E-state index in [2.05, 4.69) is 10.00 Å². The Labute approximate surface area is 170 Å². The zero-order chi connectivity index (χ0) is 19.8. The number of rotatable bonds is 3. The maximum atomic E-state index is 13.3. The number of nitrogens with zero attached hydrogens (tertiary/aromatic N) is 5. The van der Waals surface area contributed by atoms with Gasteiger partial charge in [0.25, 0.3) is 5.91 Å².